The lowest BCUT2D eigenvalue weighted by Crippen LogP contribution is -2.14. The Morgan fingerprint density at radius 2 is 0.356 bits per heavy atom. The van der Waals surface area contributed by atoms with Crippen molar-refractivity contribution in [2.24, 2.45) is 0 Å². The van der Waals surface area contributed by atoms with Crippen LogP contribution in [0.1, 0.15) is 135 Å². The van der Waals surface area contributed by atoms with Gasteiger partial charge in [-0.25, -0.2) is 0 Å². The van der Waals surface area contributed by atoms with E-state index in [0.29, 0.717) is 38.5 Å². The first-order chi connectivity index (χ1) is 21.9. The highest BCUT2D eigenvalue weighted by Gasteiger charge is 2.09. The summed E-state index contributed by atoms with van der Waals surface area (Å²) in [5, 5.41) is 0. The maximum atomic E-state index is 11.6. The molecule has 0 aromatic carbocycles. The Balaban J connectivity index is 0.000000562. The molecule has 0 aromatic heterocycles. The Morgan fingerprint density at radius 1 is 0.222 bits per heavy atom. The fourth-order valence-corrected chi connectivity index (χ4v) is 4.57. The van der Waals surface area contributed by atoms with Crippen molar-refractivity contribution < 1.29 is 57.2 Å². The molecule has 0 bridgehead atoms. The first kappa shape index (κ1) is 39.8. The Morgan fingerprint density at radius 3 is 0.511 bits per heavy atom. The number of esters is 6. The lowest BCUT2D eigenvalue weighted by molar-refractivity contribution is -0.152. The highest BCUT2D eigenvalue weighted by Crippen LogP contribution is 2.11. The summed E-state index contributed by atoms with van der Waals surface area (Å²) in [6, 6.07) is 0. The SMILES string of the molecule is O=C1CCCCCCCC(=O)OCCO1.O=C1CCCCCCCC(=O)OCCOC(=O)CCCCCCCC(=O)OCCO1. The molecule has 12 nitrogen and oxygen atoms in total. The third-order valence-electron chi connectivity index (χ3n) is 7.11. The van der Waals surface area contributed by atoms with Gasteiger partial charge >= 0.3 is 35.8 Å². The summed E-state index contributed by atoms with van der Waals surface area (Å²) >= 11 is 0. The Bertz CT molecular complexity index is 745. The van der Waals surface area contributed by atoms with E-state index in [1.54, 1.807) is 0 Å². The van der Waals surface area contributed by atoms with Crippen LogP contribution in [0.3, 0.4) is 0 Å². The second-order valence-corrected chi connectivity index (χ2v) is 11.1. The molecule has 0 radical (unpaired) electrons. The van der Waals surface area contributed by atoms with Crippen LogP contribution in [0, 0.1) is 0 Å². The Labute approximate surface area is 267 Å². The van der Waals surface area contributed by atoms with E-state index in [1.807, 2.05) is 0 Å². The lowest BCUT2D eigenvalue weighted by atomic mass is 10.1. The molecule has 2 aliphatic rings. The van der Waals surface area contributed by atoms with E-state index in [1.165, 1.54) is 0 Å². The summed E-state index contributed by atoms with van der Waals surface area (Å²) in [7, 11) is 0. The minimum absolute atomic E-state index is 0.0861. The quantitative estimate of drug-likeness (QED) is 0.243. The molecule has 2 saturated heterocycles. The van der Waals surface area contributed by atoms with Crippen molar-refractivity contribution in [1.82, 2.24) is 0 Å². The van der Waals surface area contributed by atoms with E-state index in [4.69, 9.17) is 28.4 Å². The van der Waals surface area contributed by atoms with Gasteiger partial charge in [0.25, 0.3) is 0 Å². The normalized spacial score (nSPS) is 21.6. The lowest BCUT2D eigenvalue weighted by Gasteiger charge is -2.08. The van der Waals surface area contributed by atoms with Crippen molar-refractivity contribution in [2.45, 2.75) is 135 Å². The van der Waals surface area contributed by atoms with E-state index in [2.05, 4.69) is 0 Å². The molecule has 0 saturated carbocycles. The van der Waals surface area contributed by atoms with Crippen molar-refractivity contribution in [1.29, 1.82) is 0 Å². The third kappa shape index (κ3) is 26.9. The van der Waals surface area contributed by atoms with Gasteiger partial charge in [0.1, 0.15) is 39.6 Å². The van der Waals surface area contributed by atoms with Gasteiger partial charge in [-0.2, -0.15) is 0 Å². The van der Waals surface area contributed by atoms with Gasteiger partial charge in [0, 0.05) is 38.5 Å². The molecule has 0 aliphatic carbocycles. The van der Waals surface area contributed by atoms with Crippen LogP contribution >= 0.6 is 0 Å². The van der Waals surface area contributed by atoms with Gasteiger partial charge in [-0.3, -0.25) is 28.8 Å². The van der Waals surface area contributed by atoms with Gasteiger partial charge in [0.2, 0.25) is 0 Å². The first-order valence-electron chi connectivity index (χ1n) is 16.8. The number of hydrogen-bond donors (Lipinski definition) is 0. The molecule has 2 rings (SSSR count). The molecule has 2 aliphatic heterocycles. The average molecular weight is 643 g/mol. The topological polar surface area (TPSA) is 158 Å². The fraction of sp³-hybridized carbons (Fsp3) is 0.818. The summed E-state index contributed by atoms with van der Waals surface area (Å²) < 4.78 is 30.0. The Kier molecular flexibility index (Phi) is 25.1. The van der Waals surface area contributed by atoms with Crippen molar-refractivity contribution in [3.05, 3.63) is 0 Å². The summed E-state index contributed by atoms with van der Waals surface area (Å²) in [6.07, 6.45) is 15.5. The molecule has 45 heavy (non-hydrogen) atoms. The molecule has 0 N–H and O–H groups in total. The average Bonchev–Trinajstić information content (AvgIpc) is 3.03. The second kappa shape index (κ2) is 28.3. The van der Waals surface area contributed by atoms with Gasteiger partial charge < -0.3 is 28.4 Å². The zero-order valence-corrected chi connectivity index (χ0v) is 27.0. The minimum Gasteiger partial charge on any atom is -0.462 e. The van der Waals surface area contributed by atoms with Crippen molar-refractivity contribution in [2.75, 3.05) is 39.6 Å². The molecular weight excluding hydrogens is 588 g/mol. The highest BCUT2D eigenvalue weighted by atomic mass is 16.6. The van der Waals surface area contributed by atoms with Gasteiger partial charge in [-0.05, 0) is 38.5 Å². The van der Waals surface area contributed by atoms with Gasteiger partial charge in [-0.15, -0.1) is 0 Å². The highest BCUT2D eigenvalue weighted by molar-refractivity contribution is 5.71. The maximum absolute atomic E-state index is 11.6. The molecule has 0 amide bonds. The van der Waals surface area contributed by atoms with E-state index < -0.39 is 0 Å². The van der Waals surface area contributed by atoms with E-state index >= 15 is 0 Å². The predicted molar refractivity (Wildman–Crippen MR) is 163 cm³/mol. The van der Waals surface area contributed by atoms with Crippen molar-refractivity contribution >= 4 is 35.8 Å². The molecule has 2 fully saturated rings. The number of hydrogen-bond acceptors (Lipinski definition) is 12. The zero-order valence-electron chi connectivity index (χ0n) is 27.0. The number of carbonyl (C=O) groups is 6. The Hall–Kier alpha value is -3.18. The number of cyclic esters (lactones) is 6. The smallest absolute Gasteiger partial charge is 0.305 e. The molecule has 0 spiro atoms. The maximum Gasteiger partial charge on any atom is 0.305 e. The van der Waals surface area contributed by atoms with E-state index in [-0.39, 0.29) is 75.5 Å². The van der Waals surface area contributed by atoms with Crippen molar-refractivity contribution in [3.8, 4) is 0 Å². The zero-order chi connectivity index (χ0) is 32.8. The van der Waals surface area contributed by atoms with Gasteiger partial charge in [0.05, 0.1) is 0 Å². The molecular formula is C33H54O12. The summed E-state index contributed by atoms with van der Waals surface area (Å²) in [6.45, 7) is 0.715. The largest absolute Gasteiger partial charge is 0.462 e. The summed E-state index contributed by atoms with van der Waals surface area (Å²) in [4.78, 5) is 68.7. The second-order valence-electron chi connectivity index (χ2n) is 11.1. The summed E-state index contributed by atoms with van der Waals surface area (Å²) in [5.74, 6) is -1.50. The molecule has 12 heteroatoms. The van der Waals surface area contributed by atoms with Crippen molar-refractivity contribution in [3.63, 3.8) is 0 Å². The van der Waals surface area contributed by atoms with E-state index in [0.717, 1.165) is 96.3 Å². The molecule has 0 aromatic rings. The molecule has 258 valence electrons. The fourth-order valence-electron chi connectivity index (χ4n) is 4.57. The van der Waals surface area contributed by atoms with Crippen LogP contribution in [-0.2, 0) is 57.2 Å². The summed E-state index contributed by atoms with van der Waals surface area (Å²) in [5.41, 5.74) is 0. The number of carbonyl (C=O) groups excluding carboxylic acids is 6. The van der Waals surface area contributed by atoms with Crippen LogP contribution in [0.15, 0.2) is 0 Å². The van der Waals surface area contributed by atoms with Crippen LogP contribution in [0.25, 0.3) is 0 Å². The van der Waals surface area contributed by atoms with Crippen LogP contribution < -0.4 is 0 Å². The van der Waals surface area contributed by atoms with Crippen LogP contribution in [0.5, 0.6) is 0 Å². The molecule has 0 unspecified atom stereocenters. The predicted octanol–water partition coefficient (Wildman–Crippen LogP) is 5.45. The molecule has 0 atom stereocenters. The first-order valence-corrected chi connectivity index (χ1v) is 16.8. The van der Waals surface area contributed by atoms with Crippen LogP contribution in [-0.4, -0.2) is 75.5 Å². The van der Waals surface area contributed by atoms with Crippen LogP contribution in [0.4, 0.5) is 0 Å². The van der Waals surface area contributed by atoms with Crippen LogP contribution in [0.2, 0.25) is 0 Å². The minimum atomic E-state index is -0.281. The molecule has 2 heterocycles. The third-order valence-corrected chi connectivity index (χ3v) is 7.11. The standard InChI is InChI=1S/C22H36O8.C11H18O4/c23-19-11-7-3-1-4-8-12-20(24)28-16-18-30-22(26)14-10-6-2-5-9-13-21(25)29-17-15-27-19;12-10-6-4-2-1-3-5-7-11(13)15-9-8-14-10/h1-18H2;1-9H2. The van der Waals surface area contributed by atoms with E-state index in [9.17, 15) is 28.8 Å². The van der Waals surface area contributed by atoms with Gasteiger partial charge in [0.15, 0.2) is 0 Å². The number of rotatable bonds is 0. The van der Waals surface area contributed by atoms with Gasteiger partial charge in [-0.1, -0.05) is 57.8 Å². The number of ether oxygens (including phenoxy) is 6. The monoisotopic (exact) mass is 642 g/mol.